The Morgan fingerprint density at radius 1 is 1.15 bits per heavy atom. The molecule has 0 saturated heterocycles. The van der Waals surface area contributed by atoms with Crippen molar-refractivity contribution < 1.29 is 13.6 Å². The molecule has 0 radical (unpaired) electrons. The third kappa shape index (κ3) is 3.76. The van der Waals surface area contributed by atoms with Gasteiger partial charge in [-0.3, -0.25) is 4.79 Å². The van der Waals surface area contributed by atoms with Crippen molar-refractivity contribution in [2.45, 2.75) is 5.22 Å². The van der Waals surface area contributed by atoms with Gasteiger partial charge in [0, 0.05) is 10.9 Å². The summed E-state index contributed by atoms with van der Waals surface area (Å²) in [6.07, 6.45) is 0. The summed E-state index contributed by atoms with van der Waals surface area (Å²) in [6, 6.07) is 13.5. The van der Waals surface area contributed by atoms with Crippen LogP contribution < -0.4 is 5.32 Å². The van der Waals surface area contributed by atoms with E-state index in [1.165, 1.54) is 35.2 Å². The van der Waals surface area contributed by atoms with Crippen molar-refractivity contribution in [3.05, 3.63) is 59.7 Å². The van der Waals surface area contributed by atoms with E-state index in [2.05, 4.69) is 15.3 Å². The molecule has 0 spiro atoms. The molecule has 4 rings (SSSR count). The number of halogens is 1. The summed E-state index contributed by atoms with van der Waals surface area (Å²) in [5.41, 5.74) is 2.94. The standard InChI is InChI=1S/C18H12FN3O2S2/c19-12-7-5-11(6-8-12)14-9-25-17(20-14)22-16(23)10-26-18-21-13-3-1-2-4-15(13)24-18/h1-9H,10H2,(H,20,22,23). The van der Waals surface area contributed by atoms with Gasteiger partial charge in [-0.2, -0.15) is 0 Å². The van der Waals surface area contributed by atoms with E-state index in [4.69, 9.17) is 4.42 Å². The number of thiazole rings is 1. The van der Waals surface area contributed by atoms with Crippen molar-refractivity contribution in [2.24, 2.45) is 0 Å². The highest BCUT2D eigenvalue weighted by Gasteiger charge is 2.11. The van der Waals surface area contributed by atoms with Crippen LogP contribution in [0.4, 0.5) is 9.52 Å². The summed E-state index contributed by atoms with van der Waals surface area (Å²) in [7, 11) is 0. The van der Waals surface area contributed by atoms with E-state index in [1.54, 1.807) is 12.1 Å². The molecule has 130 valence electrons. The van der Waals surface area contributed by atoms with Crippen LogP contribution in [0, 0.1) is 5.82 Å². The fraction of sp³-hybridized carbons (Fsp3) is 0.0556. The fourth-order valence-corrected chi connectivity index (χ4v) is 3.65. The van der Waals surface area contributed by atoms with Crippen molar-refractivity contribution in [3.8, 4) is 11.3 Å². The smallest absolute Gasteiger partial charge is 0.257 e. The third-order valence-corrected chi connectivity index (χ3v) is 5.08. The Morgan fingerprint density at radius 3 is 2.77 bits per heavy atom. The molecule has 26 heavy (non-hydrogen) atoms. The summed E-state index contributed by atoms with van der Waals surface area (Å²) in [4.78, 5) is 20.8. The molecular formula is C18H12FN3O2S2. The first-order chi connectivity index (χ1) is 12.7. The molecule has 0 aliphatic carbocycles. The summed E-state index contributed by atoms with van der Waals surface area (Å²) in [5.74, 6) is -0.329. The molecule has 1 amide bonds. The minimum Gasteiger partial charge on any atom is -0.431 e. The molecule has 2 aromatic heterocycles. The van der Waals surface area contributed by atoms with Crippen LogP contribution in [0.25, 0.3) is 22.4 Å². The largest absolute Gasteiger partial charge is 0.431 e. The number of para-hydroxylation sites is 2. The van der Waals surface area contributed by atoms with Crippen LogP contribution in [-0.4, -0.2) is 21.6 Å². The van der Waals surface area contributed by atoms with Crippen molar-refractivity contribution in [1.82, 2.24) is 9.97 Å². The van der Waals surface area contributed by atoms with Crippen LogP contribution in [0.5, 0.6) is 0 Å². The van der Waals surface area contributed by atoms with Gasteiger partial charge in [-0.05, 0) is 36.4 Å². The number of nitrogens with one attached hydrogen (secondary N) is 1. The number of rotatable bonds is 5. The van der Waals surface area contributed by atoms with E-state index in [-0.39, 0.29) is 17.5 Å². The van der Waals surface area contributed by atoms with Crippen LogP contribution in [0.15, 0.2) is 63.6 Å². The molecular weight excluding hydrogens is 373 g/mol. The lowest BCUT2D eigenvalue weighted by molar-refractivity contribution is -0.113. The number of anilines is 1. The van der Waals surface area contributed by atoms with Gasteiger partial charge in [-0.1, -0.05) is 23.9 Å². The summed E-state index contributed by atoms with van der Waals surface area (Å²) in [6.45, 7) is 0. The number of amides is 1. The quantitative estimate of drug-likeness (QED) is 0.499. The fourth-order valence-electron chi connectivity index (χ4n) is 2.28. The number of fused-ring (bicyclic) bond motifs is 1. The van der Waals surface area contributed by atoms with E-state index in [0.717, 1.165) is 11.1 Å². The molecule has 0 aliphatic heterocycles. The van der Waals surface area contributed by atoms with Gasteiger partial charge >= 0.3 is 0 Å². The van der Waals surface area contributed by atoms with Gasteiger partial charge in [-0.15, -0.1) is 11.3 Å². The molecule has 2 aromatic carbocycles. The highest BCUT2D eigenvalue weighted by molar-refractivity contribution is 7.99. The molecule has 0 bridgehead atoms. The monoisotopic (exact) mass is 385 g/mol. The van der Waals surface area contributed by atoms with E-state index in [9.17, 15) is 9.18 Å². The maximum absolute atomic E-state index is 13.0. The van der Waals surface area contributed by atoms with Gasteiger partial charge in [0.15, 0.2) is 10.7 Å². The Labute approximate surface area is 156 Å². The minimum atomic E-state index is -0.297. The number of nitrogens with zero attached hydrogens (tertiary/aromatic N) is 2. The number of oxazole rings is 1. The van der Waals surface area contributed by atoms with Crippen molar-refractivity contribution in [1.29, 1.82) is 0 Å². The second-order valence-electron chi connectivity index (χ2n) is 5.33. The summed E-state index contributed by atoms with van der Waals surface area (Å²) < 4.78 is 18.6. The van der Waals surface area contributed by atoms with Crippen LogP contribution in [-0.2, 0) is 4.79 Å². The number of aromatic nitrogens is 2. The number of thioether (sulfide) groups is 1. The number of hydrogen-bond donors (Lipinski definition) is 1. The highest BCUT2D eigenvalue weighted by Crippen LogP contribution is 2.26. The maximum atomic E-state index is 13.0. The lowest BCUT2D eigenvalue weighted by Gasteiger charge is -1.99. The van der Waals surface area contributed by atoms with E-state index in [0.29, 0.717) is 21.6 Å². The molecule has 4 aromatic rings. The number of benzene rings is 2. The molecule has 0 unspecified atom stereocenters. The van der Waals surface area contributed by atoms with Crippen LogP contribution in [0.1, 0.15) is 0 Å². The van der Waals surface area contributed by atoms with Gasteiger partial charge < -0.3 is 9.73 Å². The van der Waals surface area contributed by atoms with Gasteiger partial charge in [0.25, 0.3) is 5.22 Å². The Hall–Kier alpha value is -2.71. The van der Waals surface area contributed by atoms with E-state index < -0.39 is 0 Å². The van der Waals surface area contributed by atoms with Gasteiger partial charge in [0.1, 0.15) is 11.3 Å². The van der Waals surface area contributed by atoms with Crippen molar-refractivity contribution >= 4 is 45.2 Å². The maximum Gasteiger partial charge on any atom is 0.257 e. The minimum absolute atomic E-state index is 0.165. The molecule has 8 heteroatoms. The normalized spacial score (nSPS) is 11.0. The molecule has 0 saturated carbocycles. The van der Waals surface area contributed by atoms with Crippen LogP contribution in [0.3, 0.4) is 0 Å². The molecule has 0 aliphatic rings. The van der Waals surface area contributed by atoms with Gasteiger partial charge in [0.05, 0.1) is 11.4 Å². The molecule has 0 atom stereocenters. The van der Waals surface area contributed by atoms with Crippen LogP contribution in [0.2, 0.25) is 0 Å². The second kappa shape index (κ2) is 7.27. The Morgan fingerprint density at radius 2 is 1.96 bits per heavy atom. The Bertz CT molecular complexity index is 1030. The third-order valence-electron chi connectivity index (χ3n) is 3.49. The van der Waals surface area contributed by atoms with Crippen LogP contribution >= 0.6 is 23.1 Å². The average molecular weight is 385 g/mol. The second-order valence-corrected chi connectivity index (χ2v) is 7.11. The molecule has 2 heterocycles. The number of hydrogen-bond acceptors (Lipinski definition) is 6. The van der Waals surface area contributed by atoms with Crippen molar-refractivity contribution in [3.63, 3.8) is 0 Å². The predicted octanol–water partition coefficient (Wildman–Crippen LogP) is 4.82. The van der Waals surface area contributed by atoms with Gasteiger partial charge in [0.2, 0.25) is 5.91 Å². The zero-order chi connectivity index (χ0) is 17.9. The number of carbonyl (C=O) groups excluding carboxylic acids is 1. The lowest BCUT2D eigenvalue weighted by Crippen LogP contribution is -2.13. The highest BCUT2D eigenvalue weighted by atomic mass is 32.2. The SMILES string of the molecule is O=C(CSc1nc2ccccc2o1)Nc1nc(-c2ccc(F)cc2)cs1. The zero-order valence-corrected chi connectivity index (χ0v) is 14.9. The lowest BCUT2D eigenvalue weighted by atomic mass is 10.2. The number of carbonyl (C=O) groups is 1. The summed E-state index contributed by atoms with van der Waals surface area (Å²) >= 11 is 2.54. The predicted molar refractivity (Wildman–Crippen MR) is 101 cm³/mol. The average Bonchev–Trinajstić information content (AvgIpc) is 3.27. The Balaban J connectivity index is 1.36. The van der Waals surface area contributed by atoms with E-state index in [1.807, 2.05) is 29.6 Å². The first-order valence-electron chi connectivity index (χ1n) is 7.67. The molecule has 1 N–H and O–H groups in total. The van der Waals surface area contributed by atoms with Gasteiger partial charge in [-0.25, -0.2) is 14.4 Å². The topological polar surface area (TPSA) is 68.0 Å². The van der Waals surface area contributed by atoms with E-state index >= 15 is 0 Å². The molecule has 5 nitrogen and oxygen atoms in total. The molecule has 0 fully saturated rings. The Kier molecular flexibility index (Phi) is 4.68. The first kappa shape index (κ1) is 16.7. The van der Waals surface area contributed by atoms with Crippen molar-refractivity contribution in [2.75, 3.05) is 11.1 Å². The summed E-state index contributed by atoms with van der Waals surface area (Å²) in [5, 5.41) is 5.51. The zero-order valence-electron chi connectivity index (χ0n) is 13.3. The first-order valence-corrected chi connectivity index (χ1v) is 9.53.